The van der Waals surface area contributed by atoms with Gasteiger partial charge in [-0.15, -0.1) is 13.2 Å². The summed E-state index contributed by atoms with van der Waals surface area (Å²) in [7, 11) is 1.40. The lowest BCUT2D eigenvalue weighted by Crippen LogP contribution is -2.43. The number of alkyl halides is 3. The van der Waals surface area contributed by atoms with Crippen LogP contribution in [0.15, 0.2) is 63.1 Å². The van der Waals surface area contributed by atoms with Gasteiger partial charge in [0, 0.05) is 31.2 Å². The first-order chi connectivity index (χ1) is 17.5. The number of aliphatic imine (C=N–C) groups is 1. The highest BCUT2D eigenvalue weighted by atomic mass is 35.5. The van der Waals surface area contributed by atoms with E-state index in [-0.39, 0.29) is 43.5 Å². The maximum atomic E-state index is 13.4. The smallest absolute Gasteiger partial charge is 0.473 e. The highest BCUT2D eigenvalue weighted by molar-refractivity contribution is 6.30. The van der Waals surface area contributed by atoms with Gasteiger partial charge in [0.25, 0.3) is 5.56 Å². The fraction of sp³-hybridized carbons (Fsp3) is 0.250. The van der Waals surface area contributed by atoms with Gasteiger partial charge in [-0.25, -0.2) is 9.79 Å². The molecule has 0 spiro atoms. The molecule has 37 heavy (non-hydrogen) atoms. The van der Waals surface area contributed by atoms with Crippen molar-refractivity contribution in [2.45, 2.75) is 25.9 Å². The van der Waals surface area contributed by atoms with Crippen molar-refractivity contribution in [3.05, 3.63) is 80.0 Å². The van der Waals surface area contributed by atoms with E-state index in [1.807, 2.05) is 6.07 Å². The third kappa shape index (κ3) is 6.92. The van der Waals surface area contributed by atoms with Crippen molar-refractivity contribution in [2.75, 3.05) is 11.6 Å². The number of halogens is 4. The number of hydrogen-bond donors (Lipinski definition) is 0. The third-order valence-electron chi connectivity index (χ3n) is 5.12. The average Bonchev–Trinajstić information content (AvgIpc) is 2.84. The van der Waals surface area contributed by atoms with Crippen LogP contribution in [-0.4, -0.2) is 28.9 Å². The van der Waals surface area contributed by atoms with Crippen LogP contribution in [0.3, 0.4) is 0 Å². The number of nitriles is 1. The second kappa shape index (κ2) is 11.7. The summed E-state index contributed by atoms with van der Waals surface area (Å²) in [5, 5.41) is 9.44. The van der Waals surface area contributed by atoms with E-state index in [4.69, 9.17) is 21.6 Å². The topological polar surface area (TPSA) is 102 Å². The third-order valence-corrected chi connectivity index (χ3v) is 5.37. The monoisotopic (exact) mass is 535 g/mol. The maximum Gasteiger partial charge on any atom is 0.573 e. The Hall–Kier alpha value is -4.24. The summed E-state index contributed by atoms with van der Waals surface area (Å²) in [6.45, 7) is 3.07. The molecule has 0 saturated heterocycles. The Labute approximate surface area is 214 Å². The molecule has 3 aromatic rings. The predicted octanol–water partition coefficient (Wildman–Crippen LogP) is 4.39. The van der Waals surface area contributed by atoms with Crippen LogP contribution >= 0.6 is 11.6 Å². The Kier molecular flexibility index (Phi) is 8.62. The minimum Gasteiger partial charge on any atom is -0.473 e. The van der Waals surface area contributed by atoms with Gasteiger partial charge in [0.05, 0.1) is 12.5 Å². The molecule has 1 heterocycles. The summed E-state index contributed by atoms with van der Waals surface area (Å²) in [6.07, 6.45) is -4.97. The van der Waals surface area contributed by atoms with Crippen LogP contribution in [0.5, 0.6) is 11.5 Å². The molecular weight excluding hydrogens is 515 g/mol. The van der Waals surface area contributed by atoms with Crippen molar-refractivity contribution < 1.29 is 22.6 Å². The number of nitrogens with zero attached hydrogens (tertiary/aromatic N) is 5. The van der Waals surface area contributed by atoms with Crippen LogP contribution in [0, 0.1) is 11.3 Å². The fourth-order valence-electron chi connectivity index (χ4n) is 3.47. The summed E-state index contributed by atoms with van der Waals surface area (Å²) in [5.74, 6) is -0.496. The molecular formula is C24H21ClF3N5O4. The van der Waals surface area contributed by atoms with Crippen LogP contribution in [0.25, 0.3) is 0 Å². The predicted molar refractivity (Wildman–Crippen MR) is 132 cm³/mol. The molecule has 0 unspecified atom stereocenters. The zero-order valence-electron chi connectivity index (χ0n) is 19.5. The van der Waals surface area contributed by atoms with E-state index in [1.54, 1.807) is 24.3 Å². The van der Waals surface area contributed by atoms with Crippen LogP contribution in [0.4, 0.5) is 24.7 Å². The van der Waals surface area contributed by atoms with Gasteiger partial charge in [-0.2, -0.15) is 5.26 Å². The van der Waals surface area contributed by atoms with Gasteiger partial charge in [0.15, 0.2) is 12.5 Å². The molecule has 0 saturated carbocycles. The molecule has 0 N–H and O–H groups in total. The van der Waals surface area contributed by atoms with Gasteiger partial charge in [0.2, 0.25) is 0 Å². The average molecular weight is 536 g/mol. The van der Waals surface area contributed by atoms with Crippen molar-refractivity contribution in [2.24, 2.45) is 12.0 Å². The second-order valence-corrected chi connectivity index (χ2v) is 8.09. The molecule has 2 aromatic carbocycles. The van der Waals surface area contributed by atoms with Gasteiger partial charge < -0.3 is 14.4 Å². The first-order valence-corrected chi connectivity index (χ1v) is 11.1. The number of aromatic nitrogens is 2. The first kappa shape index (κ1) is 27.3. The van der Waals surface area contributed by atoms with E-state index in [2.05, 4.69) is 16.4 Å². The van der Waals surface area contributed by atoms with E-state index in [1.165, 1.54) is 24.1 Å². The van der Waals surface area contributed by atoms with Crippen LogP contribution in [0.1, 0.15) is 12.0 Å². The van der Waals surface area contributed by atoms with Crippen molar-refractivity contribution in [1.82, 2.24) is 9.13 Å². The zero-order chi connectivity index (χ0) is 27.2. The lowest BCUT2D eigenvalue weighted by atomic mass is 10.2. The maximum absolute atomic E-state index is 13.4. The summed E-state index contributed by atoms with van der Waals surface area (Å²) in [5.41, 5.74) is -0.759. The fourth-order valence-corrected chi connectivity index (χ4v) is 3.60. The summed E-state index contributed by atoms with van der Waals surface area (Å²) >= 11 is 5.98. The van der Waals surface area contributed by atoms with E-state index in [0.29, 0.717) is 10.6 Å². The van der Waals surface area contributed by atoms with Crippen molar-refractivity contribution in [1.29, 1.82) is 5.26 Å². The molecule has 194 valence electrons. The van der Waals surface area contributed by atoms with Crippen molar-refractivity contribution in [3.8, 4) is 17.6 Å². The quantitative estimate of drug-likeness (QED) is 0.282. The first-order valence-electron chi connectivity index (χ1n) is 10.7. The highest BCUT2D eigenvalue weighted by Gasteiger charge is 2.31. The van der Waals surface area contributed by atoms with Gasteiger partial charge >= 0.3 is 12.1 Å². The molecule has 0 aliphatic carbocycles. The van der Waals surface area contributed by atoms with Crippen LogP contribution < -0.4 is 25.6 Å². The largest absolute Gasteiger partial charge is 0.573 e. The second-order valence-electron chi connectivity index (χ2n) is 7.66. The highest BCUT2D eigenvalue weighted by Crippen LogP contribution is 2.28. The summed E-state index contributed by atoms with van der Waals surface area (Å²) in [6, 6.07) is 13.5. The number of benzene rings is 2. The van der Waals surface area contributed by atoms with E-state index in [9.17, 15) is 22.8 Å². The van der Waals surface area contributed by atoms with E-state index in [0.717, 1.165) is 21.3 Å². The zero-order valence-corrected chi connectivity index (χ0v) is 20.3. The minimum absolute atomic E-state index is 0.0330. The standard InChI is InChI=1S/C24H21ClF3N5O4/c1-30-21-20(22(34)33(12-4-11-29)23(35)31(21)2)32(14-16-7-9-17(25)10-8-16)15-36-18-5-3-6-19(13-18)37-24(26,27)28/h3,5-10,13H,1,4,12,14-15H2,2H3. The molecule has 0 aliphatic rings. The lowest BCUT2D eigenvalue weighted by Gasteiger charge is -2.27. The van der Waals surface area contributed by atoms with Crippen LogP contribution in [-0.2, 0) is 20.1 Å². The van der Waals surface area contributed by atoms with Gasteiger partial charge in [-0.1, -0.05) is 29.8 Å². The Morgan fingerprint density at radius 1 is 1.16 bits per heavy atom. The molecule has 0 bridgehead atoms. The Morgan fingerprint density at radius 3 is 2.46 bits per heavy atom. The number of hydrogen-bond acceptors (Lipinski definition) is 7. The normalized spacial score (nSPS) is 11.0. The number of anilines is 1. The van der Waals surface area contributed by atoms with Gasteiger partial charge in [0.1, 0.15) is 17.2 Å². The van der Waals surface area contributed by atoms with E-state index >= 15 is 0 Å². The van der Waals surface area contributed by atoms with Crippen molar-refractivity contribution >= 4 is 29.8 Å². The molecule has 0 fully saturated rings. The molecule has 0 radical (unpaired) electrons. The minimum atomic E-state index is -4.88. The molecule has 0 aliphatic heterocycles. The number of ether oxygens (including phenoxy) is 2. The Morgan fingerprint density at radius 2 is 1.84 bits per heavy atom. The Balaban J connectivity index is 2.06. The molecule has 3 rings (SSSR count). The number of rotatable bonds is 10. The summed E-state index contributed by atoms with van der Waals surface area (Å²) < 4.78 is 49.5. The molecule has 1 aromatic heterocycles. The van der Waals surface area contributed by atoms with Crippen LogP contribution in [0.2, 0.25) is 5.02 Å². The van der Waals surface area contributed by atoms with Gasteiger partial charge in [-0.05, 0) is 36.5 Å². The molecule has 0 amide bonds. The lowest BCUT2D eigenvalue weighted by molar-refractivity contribution is -0.274. The summed E-state index contributed by atoms with van der Waals surface area (Å²) in [4.78, 5) is 31.5. The molecule has 13 heteroatoms. The van der Waals surface area contributed by atoms with Gasteiger partial charge in [-0.3, -0.25) is 13.9 Å². The Bertz CT molecular complexity index is 1430. The molecule has 9 nitrogen and oxygen atoms in total. The van der Waals surface area contributed by atoms with E-state index < -0.39 is 23.4 Å². The van der Waals surface area contributed by atoms with Crippen molar-refractivity contribution in [3.63, 3.8) is 0 Å². The SMILES string of the molecule is C=Nc1c(N(COc2cccc(OC(F)(F)F)c2)Cc2ccc(Cl)cc2)c(=O)n(CCC#N)c(=O)n1C. The molecule has 0 atom stereocenters.